The molecule has 104 valence electrons. The van der Waals surface area contributed by atoms with Crippen LogP contribution in [0.15, 0.2) is 0 Å². The standard InChI is InChI=1S/C13H19N3O3/c14-7-1-8-15(10-2-3-10)13(19)16(11-4-5-11)9-6-12(17)18/h10-11H,1-6,8-9H2,(H,17,18). The zero-order valence-corrected chi connectivity index (χ0v) is 10.9. The van der Waals surface area contributed by atoms with Crippen LogP contribution in [0.5, 0.6) is 0 Å². The van der Waals surface area contributed by atoms with Gasteiger partial charge in [-0.15, -0.1) is 0 Å². The number of hydrogen-bond donors (Lipinski definition) is 1. The number of aliphatic carboxylic acids is 1. The van der Waals surface area contributed by atoms with Gasteiger partial charge in [-0.1, -0.05) is 0 Å². The highest BCUT2D eigenvalue weighted by molar-refractivity contribution is 5.77. The Morgan fingerprint density at radius 3 is 2.05 bits per heavy atom. The van der Waals surface area contributed by atoms with E-state index in [1.807, 2.05) is 0 Å². The number of carbonyl (C=O) groups is 2. The third-order valence-electron chi connectivity index (χ3n) is 3.50. The quantitative estimate of drug-likeness (QED) is 0.754. The lowest BCUT2D eigenvalue weighted by molar-refractivity contribution is -0.137. The van der Waals surface area contributed by atoms with Crippen LogP contribution in [-0.2, 0) is 4.79 Å². The highest BCUT2D eigenvalue weighted by atomic mass is 16.4. The third kappa shape index (κ3) is 3.85. The number of urea groups is 1. The molecule has 2 aliphatic carbocycles. The smallest absolute Gasteiger partial charge is 0.320 e. The van der Waals surface area contributed by atoms with Crippen molar-refractivity contribution >= 4 is 12.0 Å². The Bertz CT molecular complexity index is 396. The Morgan fingerprint density at radius 2 is 1.63 bits per heavy atom. The summed E-state index contributed by atoms with van der Waals surface area (Å²) in [5.41, 5.74) is 0. The molecular formula is C13H19N3O3. The van der Waals surface area contributed by atoms with Gasteiger partial charge in [0.1, 0.15) is 0 Å². The summed E-state index contributed by atoms with van der Waals surface area (Å²) in [6.45, 7) is 0.727. The van der Waals surface area contributed by atoms with Crippen LogP contribution >= 0.6 is 0 Å². The first-order valence-electron chi connectivity index (χ1n) is 6.79. The van der Waals surface area contributed by atoms with Crippen LogP contribution in [0.25, 0.3) is 0 Å². The Labute approximate surface area is 112 Å². The molecule has 0 aromatic heterocycles. The van der Waals surface area contributed by atoms with Gasteiger partial charge >= 0.3 is 12.0 Å². The van der Waals surface area contributed by atoms with E-state index in [4.69, 9.17) is 10.4 Å². The van der Waals surface area contributed by atoms with E-state index in [1.165, 1.54) is 0 Å². The van der Waals surface area contributed by atoms with Gasteiger partial charge in [0.05, 0.1) is 18.9 Å². The van der Waals surface area contributed by atoms with Crippen molar-refractivity contribution in [3.63, 3.8) is 0 Å². The number of nitrogens with zero attached hydrogens (tertiary/aromatic N) is 3. The molecule has 0 bridgehead atoms. The lowest BCUT2D eigenvalue weighted by Gasteiger charge is -2.30. The highest BCUT2D eigenvalue weighted by Gasteiger charge is 2.39. The summed E-state index contributed by atoms with van der Waals surface area (Å²) in [4.78, 5) is 26.6. The van der Waals surface area contributed by atoms with Crippen LogP contribution in [0.4, 0.5) is 4.79 Å². The molecule has 0 aliphatic heterocycles. The van der Waals surface area contributed by atoms with Crippen LogP contribution < -0.4 is 0 Å². The molecule has 6 heteroatoms. The number of rotatable bonds is 7. The molecule has 0 saturated heterocycles. The van der Waals surface area contributed by atoms with Crippen molar-refractivity contribution in [1.29, 1.82) is 5.26 Å². The Kier molecular flexibility index (Phi) is 4.25. The fourth-order valence-corrected chi connectivity index (χ4v) is 2.19. The van der Waals surface area contributed by atoms with Crippen molar-refractivity contribution in [1.82, 2.24) is 9.80 Å². The average molecular weight is 265 g/mol. The van der Waals surface area contributed by atoms with Gasteiger partial charge in [-0.3, -0.25) is 4.79 Å². The number of hydrogen-bond acceptors (Lipinski definition) is 3. The maximum absolute atomic E-state index is 12.5. The summed E-state index contributed by atoms with van der Waals surface area (Å²) in [5.74, 6) is -0.881. The zero-order valence-electron chi connectivity index (χ0n) is 10.9. The molecule has 1 N–H and O–H groups in total. The number of amides is 2. The van der Waals surface area contributed by atoms with E-state index in [0.717, 1.165) is 25.7 Å². The first-order chi connectivity index (χ1) is 9.13. The second-order valence-electron chi connectivity index (χ2n) is 5.18. The molecule has 2 rings (SSSR count). The van der Waals surface area contributed by atoms with E-state index in [9.17, 15) is 9.59 Å². The monoisotopic (exact) mass is 265 g/mol. The van der Waals surface area contributed by atoms with Crippen molar-refractivity contribution < 1.29 is 14.7 Å². The molecule has 0 radical (unpaired) electrons. The molecule has 0 spiro atoms. The average Bonchev–Trinajstić information content (AvgIpc) is 3.22. The summed E-state index contributed by atoms with van der Waals surface area (Å²) in [5, 5.41) is 17.4. The van der Waals surface area contributed by atoms with E-state index in [0.29, 0.717) is 13.0 Å². The lowest BCUT2D eigenvalue weighted by Crippen LogP contribution is -2.46. The van der Waals surface area contributed by atoms with Gasteiger partial charge in [0, 0.05) is 25.2 Å². The van der Waals surface area contributed by atoms with E-state index < -0.39 is 5.97 Å². The van der Waals surface area contributed by atoms with Crippen molar-refractivity contribution in [3.05, 3.63) is 0 Å². The summed E-state index contributed by atoms with van der Waals surface area (Å²) in [6.07, 6.45) is 4.23. The zero-order chi connectivity index (χ0) is 13.8. The predicted octanol–water partition coefficient (Wildman–Crippen LogP) is 1.42. The van der Waals surface area contributed by atoms with Crippen molar-refractivity contribution in [3.8, 4) is 6.07 Å². The lowest BCUT2D eigenvalue weighted by atomic mass is 10.3. The van der Waals surface area contributed by atoms with Crippen LogP contribution in [0.1, 0.15) is 38.5 Å². The summed E-state index contributed by atoms with van der Waals surface area (Å²) < 4.78 is 0. The van der Waals surface area contributed by atoms with Crippen LogP contribution in [0.3, 0.4) is 0 Å². The maximum atomic E-state index is 12.5. The minimum absolute atomic E-state index is 0.0149. The number of carbonyl (C=O) groups excluding carboxylic acids is 1. The van der Waals surface area contributed by atoms with E-state index in [2.05, 4.69) is 6.07 Å². The predicted molar refractivity (Wildman–Crippen MR) is 67.3 cm³/mol. The Morgan fingerprint density at radius 1 is 1.11 bits per heavy atom. The summed E-state index contributed by atoms with van der Waals surface area (Å²) in [6, 6.07) is 2.44. The van der Waals surface area contributed by atoms with Crippen molar-refractivity contribution in [2.45, 2.75) is 50.6 Å². The Balaban J connectivity index is 1.95. The molecular weight excluding hydrogens is 246 g/mol. The number of carboxylic acids is 1. The largest absolute Gasteiger partial charge is 0.481 e. The molecule has 0 heterocycles. The van der Waals surface area contributed by atoms with E-state index >= 15 is 0 Å². The second kappa shape index (κ2) is 5.91. The molecule has 2 amide bonds. The topological polar surface area (TPSA) is 84.6 Å². The van der Waals surface area contributed by atoms with Crippen molar-refractivity contribution in [2.75, 3.05) is 13.1 Å². The molecule has 6 nitrogen and oxygen atoms in total. The molecule has 0 unspecified atom stereocenters. The van der Waals surface area contributed by atoms with E-state index in [-0.39, 0.29) is 31.1 Å². The SMILES string of the molecule is N#CCCN(C(=O)N(CCC(=O)O)C1CC1)C1CC1. The van der Waals surface area contributed by atoms with Crippen molar-refractivity contribution in [2.24, 2.45) is 0 Å². The number of carboxylic acid groups (broad SMARTS) is 1. The van der Waals surface area contributed by atoms with Gasteiger partial charge in [-0.25, -0.2) is 4.79 Å². The van der Waals surface area contributed by atoms with E-state index in [1.54, 1.807) is 9.80 Å². The summed E-state index contributed by atoms with van der Waals surface area (Å²) >= 11 is 0. The van der Waals surface area contributed by atoms with Gasteiger partial charge < -0.3 is 14.9 Å². The van der Waals surface area contributed by atoms with Gasteiger partial charge in [0.2, 0.25) is 0 Å². The molecule has 0 aromatic rings. The molecule has 0 aromatic carbocycles. The van der Waals surface area contributed by atoms with Crippen LogP contribution in [0.2, 0.25) is 0 Å². The minimum Gasteiger partial charge on any atom is -0.481 e. The second-order valence-corrected chi connectivity index (χ2v) is 5.18. The molecule has 0 atom stereocenters. The molecule has 2 fully saturated rings. The third-order valence-corrected chi connectivity index (χ3v) is 3.50. The fraction of sp³-hybridized carbons (Fsp3) is 0.769. The van der Waals surface area contributed by atoms with Crippen LogP contribution in [0, 0.1) is 11.3 Å². The first-order valence-corrected chi connectivity index (χ1v) is 6.79. The fourth-order valence-electron chi connectivity index (χ4n) is 2.19. The van der Waals surface area contributed by atoms with Gasteiger partial charge in [0.15, 0.2) is 0 Å². The van der Waals surface area contributed by atoms with Gasteiger partial charge in [-0.2, -0.15) is 5.26 Å². The summed E-state index contributed by atoms with van der Waals surface area (Å²) in [7, 11) is 0. The van der Waals surface area contributed by atoms with Gasteiger partial charge in [-0.05, 0) is 25.7 Å². The maximum Gasteiger partial charge on any atom is 0.320 e. The first kappa shape index (κ1) is 13.7. The molecule has 2 aliphatic rings. The molecule has 19 heavy (non-hydrogen) atoms. The van der Waals surface area contributed by atoms with Gasteiger partial charge in [0.25, 0.3) is 0 Å². The highest BCUT2D eigenvalue weighted by Crippen LogP contribution is 2.32. The Hall–Kier alpha value is -1.77. The normalized spacial score (nSPS) is 17.6. The van der Waals surface area contributed by atoms with Crippen LogP contribution in [-0.4, -0.2) is 52.1 Å². The molecule has 2 saturated carbocycles. The minimum atomic E-state index is -0.881. The number of nitriles is 1.